The van der Waals surface area contributed by atoms with E-state index in [2.05, 4.69) is 5.32 Å². The monoisotopic (exact) mass is 309 g/mol. The number of allylic oxidation sites excluding steroid dienone is 2. The van der Waals surface area contributed by atoms with Crippen molar-refractivity contribution in [3.05, 3.63) is 39.6 Å². The Labute approximate surface area is 125 Å². The van der Waals surface area contributed by atoms with Gasteiger partial charge in [-0.25, -0.2) is 0 Å². The molecule has 104 valence electrons. The Kier molecular flexibility index (Phi) is 3.40. The van der Waals surface area contributed by atoms with Crippen LogP contribution in [0.5, 0.6) is 5.75 Å². The van der Waals surface area contributed by atoms with Crippen LogP contribution in [-0.2, 0) is 9.53 Å². The minimum Gasteiger partial charge on any atom is -0.498 e. The second-order valence-electron chi connectivity index (χ2n) is 4.33. The van der Waals surface area contributed by atoms with Crippen molar-refractivity contribution in [3.63, 3.8) is 0 Å². The van der Waals surface area contributed by atoms with Gasteiger partial charge in [0.2, 0.25) is 0 Å². The summed E-state index contributed by atoms with van der Waals surface area (Å²) in [6.07, 6.45) is 0.188. The van der Waals surface area contributed by atoms with Gasteiger partial charge in [-0.2, -0.15) is 0 Å². The normalized spacial score (nSPS) is 17.4. The fraction of sp³-hybridized carbons (Fsp3) is 0.214. The van der Waals surface area contributed by atoms with Crippen LogP contribution < -0.4 is 10.1 Å². The zero-order chi connectivity index (χ0) is 14.3. The Balaban J connectivity index is 2.13. The maximum atomic E-state index is 11.9. The molecule has 4 nitrogen and oxygen atoms in total. The zero-order valence-electron chi connectivity index (χ0n) is 11.0. The summed E-state index contributed by atoms with van der Waals surface area (Å²) in [6.45, 7) is 0. The van der Waals surface area contributed by atoms with Crippen molar-refractivity contribution in [2.75, 3.05) is 19.5 Å². The highest BCUT2D eigenvalue weighted by molar-refractivity contribution is 8.03. The number of ketones is 1. The lowest BCUT2D eigenvalue weighted by Crippen LogP contribution is -2.19. The molecule has 1 aromatic carbocycles. The van der Waals surface area contributed by atoms with Gasteiger partial charge >= 0.3 is 0 Å². The second-order valence-corrected chi connectivity index (χ2v) is 5.76. The second kappa shape index (κ2) is 5.07. The lowest BCUT2D eigenvalue weighted by molar-refractivity contribution is -0.115. The van der Waals surface area contributed by atoms with Crippen LogP contribution in [0.15, 0.2) is 44.5 Å². The quantitative estimate of drug-likeness (QED) is 0.906. The fourth-order valence-electron chi connectivity index (χ4n) is 2.13. The number of hydrogen-bond donors (Lipinski definition) is 1. The molecule has 0 amide bonds. The molecular formula is C14H12ClNO3S. The first-order chi connectivity index (χ1) is 9.63. The third-order valence-electron chi connectivity index (χ3n) is 3.18. The van der Waals surface area contributed by atoms with Crippen LogP contribution in [0.3, 0.4) is 0 Å². The number of carbonyl (C=O) groups is 1. The highest BCUT2D eigenvalue weighted by Gasteiger charge is 2.32. The van der Waals surface area contributed by atoms with Crippen molar-refractivity contribution in [1.82, 2.24) is 0 Å². The van der Waals surface area contributed by atoms with Gasteiger partial charge in [0.25, 0.3) is 0 Å². The molecule has 6 heteroatoms. The van der Waals surface area contributed by atoms with Gasteiger partial charge < -0.3 is 14.8 Å². The summed E-state index contributed by atoms with van der Waals surface area (Å²) < 4.78 is 10.5. The number of halogens is 1. The van der Waals surface area contributed by atoms with Crippen LogP contribution in [-0.4, -0.2) is 20.0 Å². The number of benzene rings is 1. The van der Waals surface area contributed by atoms with E-state index in [0.717, 1.165) is 22.0 Å². The number of fused-ring (bicyclic) bond motifs is 2. The molecule has 0 aromatic heterocycles. The molecule has 0 saturated carbocycles. The number of rotatable bonds is 2. The van der Waals surface area contributed by atoms with Gasteiger partial charge in [0.05, 0.1) is 36.9 Å². The lowest BCUT2D eigenvalue weighted by atomic mass is 10.1. The fourth-order valence-corrected chi connectivity index (χ4v) is 3.50. The van der Waals surface area contributed by atoms with Crippen molar-refractivity contribution in [2.45, 2.75) is 11.3 Å². The first-order valence-electron chi connectivity index (χ1n) is 5.97. The van der Waals surface area contributed by atoms with E-state index in [-0.39, 0.29) is 17.2 Å². The molecule has 0 spiro atoms. The highest BCUT2D eigenvalue weighted by atomic mass is 35.5. The number of Topliss-reactive ketones (excluding diaryl/α,β-unsaturated/α-hetero) is 1. The van der Waals surface area contributed by atoms with Crippen molar-refractivity contribution in [3.8, 4) is 5.75 Å². The van der Waals surface area contributed by atoms with Gasteiger partial charge in [-0.3, -0.25) is 4.79 Å². The molecule has 0 radical (unpaired) electrons. The third-order valence-corrected chi connectivity index (χ3v) is 4.86. The number of carbonyl (C=O) groups excluding carboxylic acids is 1. The largest absolute Gasteiger partial charge is 0.498 e. The third kappa shape index (κ3) is 2.07. The minimum absolute atomic E-state index is 0.122. The number of thioether (sulfide) groups is 1. The van der Waals surface area contributed by atoms with E-state index in [9.17, 15) is 4.79 Å². The smallest absolute Gasteiger partial charge is 0.183 e. The van der Waals surface area contributed by atoms with Gasteiger partial charge in [0.15, 0.2) is 5.78 Å². The molecule has 0 atom stereocenters. The molecular weight excluding hydrogens is 298 g/mol. The summed E-state index contributed by atoms with van der Waals surface area (Å²) >= 11 is 7.60. The van der Waals surface area contributed by atoms with E-state index in [4.69, 9.17) is 21.1 Å². The predicted octanol–water partition coefficient (Wildman–Crippen LogP) is 3.49. The maximum absolute atomic E-state index is 11.9. The van der Waals surface area contributed by atoms with Gasteiger partial charge in [0.1, 0.15) is 16.5 Å². The highest BCUT2D eigenvalue weighted by Crippen LogP contribution is 2.48. The van der Waals surface area contributed by atoms with E-state index in [1.165, 1.54) is 11.8 Å². The molecule has 20 heavy (non-hydrogen) atoms. The lowest BCUT2D eigenvalue weighted by Gasteiger charge is -2.28. The standard InChI is InChI=1S/C14H12ClNO3S/c1-18-7-3-4-8-11(5-7)20-14-12(15)9(17)6-10(19-2)13(14)16-8/h3-5,16H,6H2,1-2H3. The Hall–Kier alpha value is -1.59. The SMILES string of the molecule is COC1=C2Nc3ccc(OC)cc3SC2=C(Cl)C(=O)C1. The van der Waals surface area contributed by atoms with E-state index in [1.807, 2.05) is 18.2 Å². The molecule has 1 aliphatic carbocycles. The van der Waals surface area contributed by atoms with Crippen LogP contribution in [0.4, 0.5) is 5.69 Å². The van der Waals surface area contributed by atoms with E-state index in [1.54, 1.807) is 14.2 Å². The molecule has 0 unspecified atom stereocenters. The summed E-state index contributed by atoms with van der Waals surface area (Å²) in [6, 6.07) is 5.72. The molecule has 1 N–H and O–H groups in total. The van der Waals surface area contributed by atoms with E-state index < -0.39 is 0 Å². The molecule has 0 bridgehead atoms. The first kappa shape index (κ1) is 13.4. The van der Waals surface area contributed by atoms with Gasteiger partial charge in [-0.15, -0.1) is 0 Å². The summed E-state index contributed by atoms with van der Waals surface area (Å²) in [5.74, 6) is 1.25. The van der Waals surface area contributed by atoms with Crippen LogP contribution in [0.1, 0.15) is 6.42 Å². The van der Waals surface area contributed by atoms with Crippen LogP contribution in [0.25, 0.3) is 0 Å². The Morgan fingerprint density at radius 1 is 1.30 bits per heavy atom. The van der Waals surface area contributed by atoms with E-state index >= 15 is 0 Å². The molecule has 2 aliphatic rings. The topological polar surface area (TPSA) is 47.6 Å². The molecule has 3 rings (SSSR count). The number of ether oxygens (including phenoxy) is 2. The Bertz CT molecular complexity index is 666. The molecule has 1 aromatic rings. The molecule has 1 aliphatic heterocycles. The van der Waals surface area contributed by atoms with Gasteiger partial charge in [-0.1, -0.05) is 23.4 Å². The summed E-state index contributed by atoms with van der Waals surface area (Å²) in [5.41, 5.74) is 1.72. The Morgan fingerprint density at radius 3 is 2.80 bits per heavy atom. The van der Waals surface area contributed by atoms with Crippen molar-refractivity contribution in [1.29, 1.82) is 0 Å². The van der Waals surface area contributed by atoms with Crippen molar-refractivity contribution >= 4 is 34.8 Å². The summed E-state index contributed by atoms with van der Waals surface area (Å²) in [5, 5.41) is 3.54. The number of methoxy groups -OCH3 is 2. The number of nitrogens with one attached hydrogen (secondary N) is 1. The van der Waals surface area contributed by atoms with Crippen LogP contribution in [0, 0.1) is 0 Å². The summed E-state index contributed by atoms with van der Waals surface area (Å²) in [7, 11) is 3.18. The molecule has 1 heterocycles. The Morgan fingerprint density at radius 2 is 2.10 bits per heavy atom. The molecule has 0 fully saturated rings. The van der Waals surface area contributed by atoms with Gasteiger partial charge in [0, 0.05) is 4.90 Å². The zero-order valence-corrected chi connectivity index (χ0v) is 12.5. The average molecular weight is 310 g/mol. The number of hydrogen-bond acceptors (Lipinski definition) is 5. The minimum atomic E-state index is -0.122. The van der Waals surface area contributed by atoms with Crippen molar-refractivity contribution in [2.24, 2.45) is 0 Å². The van der Waals surface area contributed by atoms with Crippen LogP contribution >= 0.6 is 23.4 Å². The van der Waals surface area contributed by atoms with E-state index in [0.29, 0.717) is 10.7 Å². The maximum Gasteiger partial charge on any atom is 0.183 e. The summed E-state index contributed by atoms with van der Waals surface area (Å²) in [4.78, 5) is 13.6. The molecule has 0 saturated heterocycles. The van der Waals surface area contributed by atoms with Crippen molar-refractivity contribution < 1.29 is 14.3 Å². The van der Waals surface area contributed by atoms with Gasteiger partial charge in [-0.05, 0) is 18.2 Å². The predicted molar refractivity (Wildman–Crippen MR) is 79.0 cm³/mol. The van der Waals surface area contributed by atoms with Crippen LogP contribution in [0.2, 0.25) is 0 Å². The first-order valence-corrected chi connectivity index (χ1v) is 7.17. The number of anilines is 1. The average Bonchev–Trinajstić information content (AvgIpc) is 2.48.